The van der Waals surface area contributed by atoms with Gasteiger partial charge in [-0.2, -0.15) is 4.98 Å². The van der Waals surface area contributed by atoms with E-state index in [0.717, 1.165) is 27.5 Å². The molecule has 7 aromatic rings. The molecule has 7 rings (SSSR count). The second-order valence-corrected chi connectivity index (χ2v) is 8.64. The molecule has 0 aliphatic carbocycles. The quantitative estimate of drug-likeness (QED) is 0.308. The number of benzene rings is 4. The molecule has 7 nitrogen and oxygen atoms in total. The van der Waals surface area contributed by atoms with Crippen LogP contribution >= 0.6 is 0 Å². The highest BCUT2D eigenvalue weighted by atomic mass is 16.1. The molecule has 0 N–H and O–H groups in total. The summed E-state index contributed by atoms with van der Waals surface area (Å²) in [6.07, 6.45) is 1.70. The minimum Gasteiger partial charge on any atom is -0.284 e. The lowest BCUT2D eigenvalue weighted by molar-refractivity contribution is 1.07. The van der Waals surface area contributed by atoms with E-state index in [1.165, 1.54) is 0 Å². The Kier molecular flexibility index (Phi) is 4.79. The number of aromatic nitrogens is 6. The van der Waals surface area contributed by atoms with E-state index in [0.29, 0.717) is 34.1 Å². The van der Waals surface area contributed by atoms with Gasteiger partial charge >= 0.3 is 0 Å². The van der Waals surface area contributed by atoms with Crippen LogP contribution in [0.5, 0.6) is 0 Å². The van der Waals surface area contributed by atoms with E-state index in [-0.39, 0.29) is 5.56 Å². The second kappa shape index (κ2) is 8.42. The Balaban J connectivity index is 1.46. The first-order valence-electron chi connectivity index (χ1n) is 11.8. The van der Waals surface area contributed by atoms with E-state index in [2.05, 4.69) is 9.97 Å². The first kappa shape index (κ1) is 21.0. The molecule has 0 radical (unpaired) electrons. The van der Waals surface area contributed by atoms with Gasteiger partial charge in [-0.05, 0) is 30.3 Å². The number of rotatable bonds is 3. The summed E-state index contributed by atoms with van der Waals surface area (Å²) in [4.78, 5) is 36.4. The molecule has 0 amide bonds. The molecule has 174 valence electrons. The molecule has 0 saturated carbocycles. The van der Waals surface area contributed by atoms with Crippen LogP contribution in [0, 0.1) is 0 Å². The Morgan fingerprint density at radius 2 is 1.14 bits per heavy atom. The SMILES string of the molecule is O=c1nc2c3ccccc3ncn2c2ccc(-c3nc(-c4ccccc4)nc(-c4ccccc4)n3)cc12. The molecule has 0 bridgehead atoms. The van der Waals surface area contributed by atoms with Crippen LogP contribution in [0.15, 0.2) is 114 Å². The summed E-state index contributed by atoms with van der Waals surface area (Å²) in [6.45, 7) is 0. The van der Waals surface area contributed by atoms with Gasteiger partial charge in [-0.15, -0.1) is 0 Å². The van der Waals surface area contributed by atoms with Gasteiger partial charge in [0.15, 0.2) is 23.1 Å². The van der Waals surface area contributed by atoms with Gasteiger partial charge in [-0.3, -0.25) is 9.20 Å². The van der Waals surface area contributed by atoms with Gasteiger partial charge in [0.1, 0.15) is 6.33 Å². The summed E-state index contributed by atoms with van der Waals surface area (Å²) < 4.78 is 1.85. The molecule has 4 aromatic carbocycles. The lowest BCUT2D eigenvalue weighted by Gasteiger charge is -2.10. The maximum Gasteiger partial charge on any atom is 0.281 e. The molecule has 0 atom stereocenters. The molecule has 3 aromatic heterocycles. The third-order valence-corrected chi connectivity index (χ3v) is 6.34. The van der Waals surface area contributed by atoms with E-state index in [9.17, 15) is 4.79 Å². The van der Waals surface area contributed by atoms with Gasteiger partial charge in [-0.25, -0.2) is 19.9 Å². The summed E-state index contributed by atoms with van der Waals surface area (Å²) in [5, 5.41) is 1.29. The average Bonchev–Trinajstić information content (AvgIpc) is 2.98. The third-order valence-electron chi connectivity index (χ3n) is 6.34. The standard InChI is InChI=1S/C30H18N6O/c37-30-23-17-21(15-16-25(23)36-18-31-24-14-8-7-13-22(24)29(36)35-30)28-33-26(19-9-3-1-4-10-19)32-27(34-28)20-11-5-2-6-12-20/h1-18H. The predicted molar refractivity (Wildman–Crippen MR) is 144 cm³/mol. The topological polar surface area (TPSA) is 85.9 Å². The number of para-hydroxylation sites is 1. The smallest absolute Gasteiger partial charge is 0.281 e. The Hall–Kier alpha value is -5.30. The summed E-state index contributed by atoms with van der Waals surface area (Å²) in [6, 6.07) is 32.8. The molecule has 0 aliphatic heterocycles. The number of nitrogens with zero attached hydrogens (tertiary/aromatic N) is 6. The van der Waals surface area contributed by atoms with Gasteiger partial charge in [0.05, 0.1) is 16.4 Å². The minimum absolute atomic E-state index is 0.311. The molecular weight excluding hydrogens is 460 g/mol. The molecule has 0 aliphatic rings. The number of fused-ring (bicyclic) bond motifs is 5. The third kappa shape index (κ3) is 3.61. The summed E-state index contributed by atoms with van der Waals surface area (Å²) in [5.74, 6) is 1.61. The van der Waals surface area contributed by atoms with Crippen molar-refractivity contribution >= 4 is 27.5 Å². The van der Waals surface area contributed by atoms with E-state index < -0.39 is 0 Å². The summed E-state index contributed by atoms with van der Waals surface area (Å²) in [5.41, 5.74) is 4.25. The monoisotopic (exact) mass is 478 g/mol. The van der Waals surface area contributed by atoms with Crippen molar-refractivity contribution in [1.82, 2.24) is 29.3 Å². The maximum atomic E-state index is 13.2. The fraction of sp³-hybridized carbons (Fsp3) is 0. The van der Waals surface area contributed by atoms with Gasteiger partial charge < -0.3 is 0 Å². The number of hydrogen-bond acceptors (Lipinski definition) is 6. The van der Waals surface area contributed by atoms with Crippen LogP contribution < -0.4 is 5.56 Å². The van der Waals surface area contributed by atoms with Crippen molar-refractivity contribution in [2.45, 2.75) is 0 Å². The highest BCUT2D eigenvalue weighted by Crippen LogP contribution is 2.27. The zero-order chi connectivity index (χ0) is 24.8. The molecule has 0 fully saturated rings. The maximum absolute atomic E-state index is 13.2. The van der Waals surface area contributed by atoms with E-state index >= 15 is 0 Å². The van der Waals surface area contributed by atoms with Crippen LogP contribution in [-0.2, 0) is 0 Å². The first-order valence-corrected chi connectivity index (χ1v) is 11.8. The molecule has 3 heterocycles. The fourth-order valence-corrected chi connectivity index (χ4v) is 4.52. The number of hydrogen-bond donors (Lipinski definition) is 0. The molecule has 37 heavy (non-hydrogen) atoms. The lowest BCUT2D eigenvalue weighted by atomic mass is 10.1. The largest absolute Gasteiger partial charge is 0.284 e. The lowest BCUT2D eigenvalue weighted by Crippen LogP contribution is -2.11. The predicted octanol–water partition coefficient (Wildman–Crippen LogP) is 5.58. The van der Waals surface area contributed by atoms with Crippen molar-refractivity contribution in [3.8, 4) is 34.2 Å². The summed E-state index contributed by atoms with van der Waals surface area (Å²) in [7, 11) is 0. The van der Waals surface area contributed by atoms with Gasteiger partial charge in [-0.1, -0.05) is 72.8 Å². The highest BCUT2D eigenvalue weighted by Gasteiger charge is 2.15. The van der Waals surface area contributed by atoms with Crippen LogP contribution in [0.25, 0.3) is 61.6 Å². The molecular formula is C30H18N6O. The van der Waals surface area contributed by atoms with Crippen LogP contribution in [0.1, 0.15) is 0 Å². The minimum atomic E-state index is -0.311. The fourth-order valence-electron chi connectivity index (χ4n) is 4.52. The van der Waals surface area contributed by atoms with Gasteiger partial charge in [0, 0.05) is 22.1 Å². The Labute approximate surface area is 210 Å². The van der Waals surface area contributed by atoms with Gasteiger partial charge in [0.2, 0.25) is 0 Å². The van der Waals surface area contributed by atoms with Crippen LogP contribution in [0.2, 0.25) is 0 Å². The molecule has 0 unspecified atom stereocenters. The van der Waals surface area contributed by atoms with Crippen molar-refractivity contribution in [3.05, 3.63) is 120 Å². The Bertz CT molecular complexity index is 1950. The molecule has 7 heteroatoms. The van der Waals surface area contributed by atoms with Crippen molar-refractivity contribution < 1.29 is 0 Å². The second-order valence-electron chi connectivity index (χ2n) is 8.64. The zero-order valence-corrected chi connectivity index (χ0v) is 19.5. The Morgan fingerprint density at radius 1 is 0.541 bits per heavy atom. The normalized spacial score (nSPS) is 11.4. The van der Waals surface area contributed by atoms with E-state index in [4.69, 9.17) is 15.0 Å². The van der Waals surface area contributed by atoms with Crippen molar-refractivity contribution in [2.75, 3.05) is 0 Å². The molecule has 0 saturated heterocycles. The van der Waals surface area contributed by atoms with E-state index in [1.807, 2.05) is 101 Å². The first-order chi connectivity index (χ1) is 18.2. The van der Waals surface area contributed by atoms with E-state index in [1.54, 1.807) is 12.4 Å². The average molecular weight is 479 g/mol. The Morgan fingerprint density at radius 3 is 1.81 bits per heavy atom. The van der Waals surface area contributed by atoms with Crippen LogP contribution in [0.4, 0.5) is 0 Å². The van der Waals surface area contributed by atoms with Crippen molar-refractivity contribution in [1.29, 1.82) is 0 Å². The zero-order valence-electron chi connectivity index (χ0n) is 19.5. The van der Waals surface area contributed by atoms with Gasteiger partial charge in [0.25, 0.3) is 5.56 Å². The highest BCUT2D eigenvalue weighted by molar-refractivity contribution is 5.94. The van der Waals surface area contributed by atoms with Crippen molar-refractivity contribution in [3.63, 3.8) is 0 Å². The van der Waals surface area contributed by atoms with Crippen LogP contribution in [0.3, 0.4) is 0 Å². The van der Waals surface area contributed by atoms with Crippen LogP contribution in [-0.4, -0.2) is 29.3 Å². The summed E-state index contributed by atoms with van der Waals surface area (Å²) >= 11 is 0. The molecule has 0 spiro atoms. The van der Waals surface area contributed by atoms with Crippen molar-refractivity contribution in [2.24, 2.45) is 0 Å².